The van der Waals surface area contributed by atoms with Crippen LogP contribution in [-0.2, 0) is 6.18 Å². The van der Waals surface area contributed by atoms with Gasteiger partial charge in [-0.25, -0.2) is 0 Å². The first-order valence-electron chi connectivity index (χ1n) is 4.82. The molecule has 1 rings (SSSR count). The molecule has 0 bridgehead atoms. The molecule has 0 aromatic heterocycles. The van der Waals surface area contributed by atoms with Crippen molar-refractivity contribution in [2.24, 2.45) is 0 Å². The molecule has 0 spiro atoms. The lowest BCUT2D eigenvalue weighted by Gasteiger charge is -2.07. The van der Waals surface area contributed by atoms with Crippen LogP contribution in [0.5, 0.6) is 0 Å². The summed E-state index contributed by atoms with van der Waals surface area (Å²) < 4.78 is 37.6. The molecule has 0 aliphatic rings. The van der Waals surface area contributed by atoms with E-state index in [4.69, 9.17) is 16.9 Å². The van der Waals surface area contributed by atoms with Gasteiger partial charge in [-0.05, 0) is 30.2 Å². The van der Waals surface area contributed by atoms with E-state index in [1.54, 1.807) is 12.1 Å². The largest absolute Gasteiger partial charge is 0.416 e. The number of nitriles is 1. The number of nitrogens with zero attached hydrogens (tertiary/aromatic N) is 1. The molecule has 90 valence electrons. The molecular formula is C12H9ClF3N. The van der Waals surface area contributed by atoms with E-state index in [0.717, 1.165) is 12.1 Å². The summed E-state index contributed by atoms with van der Waals surface area (Å²) in [5.41, 5.74) is -0.478. The fourth-order valence-electron chi connectivity index (χ4n) is 1.26. The predicted octanol–water partition coefficient (Wildman–Crippen LogP) is 4.22. The van der Waals surface area contributed by atoms with Crippen LogP contribution in [0.25, 0.3) is 6.08 Å². The van der Waals surface area contributed by atoms with Crippen LogP contribution >= 0.6 is 11.6 Å². The third kappa shape index (κ3) is 4.12. The van der Waals surface area contributed by atoms with Crippen LogP contribution in [0.3, 0.4) is 0 Å². The highest BCUT2D eigenvalue weighted by Crippen LogP contribution is 2.30. The highest BCUT2D eigenvalue weighted by molar-refractivity contribution is 6.17. The van der Waals surface area contributed by atoms with Gasteiger partial charge < -0.3 is 0 Å². The van der Waals surface area contributed by atoms with Gasteiger partial charge in [-0.3, -0.25) is 0 Å². The number of benzene rings is 1. The third-order valence-corrected chi connectivity index (χ3v) is 2.22. The Morgan fingerprint density at radius 1 is 1.29 bits per heavy atom. The molecule has 0 saturated heterocycles. The van der Waals surface area contributed by atoms with E-state index in [-0.39, 0.29) is 5.56 Å². The third-order valence-electron chi connectivity index (χ3n) is 2.00. The lowest BCUT2D eigenvalue weighted by atomic mass is 10.1. The summed E-state index contributed by atoms with van der Waals surface area (Å²) in [5.74, 6) is 0.403. The van der Waals surface area contributed by atoms with Gasteiger partial charge in [-0.2, -0.15) is 18.4 Å². The van der Waals surface area contributed by atoms with Crippen LogP contribution in [0.15, 0.2) is 24.3 Å². The van der Waals surface area contributed by atoms with E-state index in [1.165, 1.54) is 12.1 Å². The molecule has 1 aromatic carbocycles. The van der Waals surface area contributed by atoms with Crippen molar-refractivity contribution in [1.82, 2.24) is 0 Å². The van der Waals surface area contributed by atoms with Crippen LogP contribution < -0.4 is 0 Å². The zero-order chi connectivity index (χ0) is 12.9. The van der Waals surface area contributed by atoms with E-state index in [2.05, 4.69) is 0 Å². The van der Waals surface area contributed by atoms with Crippen molar-refractivity contribution in [3.05, 3.63) is 41.0 Å². The van der Waals surface area contributed by atoms with E-state index in [0.29, 0.717) is 17.9 Å². The minimum absolute atomic E-state index is 0.00894. The highest BCUT2D eigenvalue weighted by Gasteiger charge is 2.30. The van der Waals surface area contributed by atoms with Gasteiger partial charge in [-0.15, -0.1) is 11.6 Å². The van der Waals surface area contributed by atoms with Crippen molar-refractivity contribution in [1.29, 1.82) is 5.26 Å². The van der Waals surface area contributed by atoms with Crippen molar-refractivity contribution in [2.75, 3.05) is 5.88 Å². The van der Waals surface area contributed by atoms with E-state index in [1.807, 2.05) is 0 Å². The molecule has 0 aliphatic heterocycles. The normalized spacial score (nSPS) is 11.7. The number of alkyl halides is 4. The zero-order valence-electron chi connectivity index (χ0n) is 8.76. The zero-order valence-corrected chi connectivity index (χ0v) is 9.52. The van der Waals surface area contributed by atoms with E-state index >= 15 is 0 Å². The van der Waals surface area contributed by atoms with Crippen molar-refractivity contribution >= 4 is 17.7 Å². The lowest BCUT2D eigenvalue weighted by Crippen LogP contribution is -2.05. The van der Waals surface area contributed by atoms with E-state index < -0.39 is 11.7 Å². The summed E-state index contributed by atoms with van der Waals surface area (Å²) in [6, 6.07) is 4.95. The van der Waals surface area contributed by atoms with Crippen molar-refractivity contribution in [2.45, 2.75) is 12.6 Å². The van der Waals surface area contributed by atoms with Crippen LogP contribution in [-0.4, -0.2) is 5.88 Å². The molecular weight excluding hydrogens is 251 g/mol. The van der Waals surface area contributed by atoms with Gasteiger partial charge in [0.05, 0.1) is 17.2 Å². The maximum atomic E-state index is 12.5. The van der Waals surface area contributed by atoms with Gasteiger partial charge in [0, 0.05) is 5.88 Å². The molecule has 0 fully saturated rings. The Morgan fingerprint density at radius 3 is 2.53 bits per heavy atom. The maximum Gasteiger partial charge on any atom is 0.416 e. The quantitative estimate of drug-likeness (QED) is 0.746. The van der Waals surface area contributed by atoms with E-state index in [9.17, 15) is 13.2 Å². The summed E-state index contributed by atoms with van der Waals surface area (Å²) in [7, 11) is 0. The number of halogens is 4. The van der Waals surface area contributed by atoms with Crippen LogP contribution in [0, 0.1) is 11.3 Å². The number of hydrogen-bond donors (Lipinski definition) is 0. The van der Waals surface area contributed by atoms with Gasteiger partial charge in [0.25, 0.3) is 0 Å². The molecule has 17 heavy (non-hydrogen) atoms. The van der Waals surface area contributed by atoms with Crippen LogP contribution in [0.1, 0.15) is 23.1 Å². The Labute approximate surface area is 102 Å². The summed E-state index contributed by atoms with van der Waals surface area (Å²) in [6.07, 6.45) is -0.677. The molecule has 0 N–H and O–H groups in total. The number of rotatable bonds is 3. The van der Waals surface area contributed by atoms with Crippen molar-refractivity contribution in [3.63, 3.8) is 0 Å². The van der Waals surface area contributed by atoms with Gasteiger partial charge in [0.2, 0.25) is 0 Å². The second-order valence-electron chi connectivity index (χ2n) is 3.33. The Kier molecular flexibility index (Phi) is 4.59. The Morgan fingerprint density at radius 2 is 2.00 bits per heavy atom. The molecule has 0 unspecified atom stereocenters. The number of allylic oxidation sites excluding steroid dienone is 1. The molecule has 0 aliphatic carbocycles. The molecule has 0 atom stereocenters. The average molecular weight is 260 g/mol. The van der Waals surface area contributed by atoms with Gasteiger partial charge in [0.15, 0.2) is 0 Å². The van der Waals surface area contributed by atoms with Crippen molar-refractivity contribution in [3.8, 4) is 6.07 Å². The molecule has 1 nitrogen and oxygen atoms in total. The minimum atomic E-state index is -4.44. The number of hydrogen-bond acceptors (Lipinski definition) is 1. The summed E-state index contributed by atoms with van der Waals surface area (Å²) >= 11 is 5.45. The lowest BCUT2D eigenvalue weighted by molar-refractivity contribution is -0.137. The fraction of sp³-hybridized carbons (Fsp3) is 0.250. The molecule has 0 amide bonds. The Bertz CT molecular complexity index is 458. The highest BCUT2D eigenvalue weighted by atomic mass is 35.5. The molecule has 0 saturated carbocycles. The molecule has 1 aromatic rings. The Balaban J connectivity index is 3.11. The Hall–Kier alpha value is -1.47. The maximum absolute atomic E-state index is 12.5. The summed E-state index contributed by atoms with van der Waals surface area (Å²) in [5, 5.41) is 8.66. The first kappa shape index (κ1) is 13.6. The molecule has 0 radical (unpaired) electrons. The first-order valence-corrected chi connectivity index (χ1v) is 5.35. The minimum Gasteiger partial charge on any atom is -0.192 e. The summed E-state index contributed by atoms with van der Waals surface area (Å²) in [6.45, 7) is 0. The van der Waals surface area contributed by atoms with Gasteiger partial charge in [-0.1, -0.05) is 12.2 Å². The van der Waals surface area contributed by atoms with Gasteiger partial charge >= 0.3 is 6.18 Å². The molecule has 5 heteroatoms. The monoisotopic (exact) mass is 259 g/mol. The average Bonchev–Trinajstić information content (AvgIpc) is 2.28. The van der Waals surface area contributed by atoms with Crippen molar-refractivity contribution < 1.29 is 13.2 Å². The predicted molar refractivity (Wildman–Crippen MR) is 60.5 cm³/mol. The summed E-state index contributed by atoms with van der Waals surface area (Å²) in [4.78, 5) is 0. The van der Waals surface area contributed by atoms with Gasteiger partial charge in [0.1, 0.15) is 0 Å². The fourth-order valence-corrected chi connectivity index (χ4v) is 1.38. The molecule has 0 heterocycles. The second-order valence-corrected chi connectivity index (χ2v) is 3.71. The van der Waals surface area contributed by atoms with Crippen LogP contribution in [0.2, 0.25) is 0 Å². The SMILES string of the molecule is N#Cc1cc(C=CCCCl)cc(C(F)(F)F)c1. The standard InChI is InChI=1S/C12H9ClF3N/c13-4-2-1-3-9-5-10(8-17)7-11(6-9)12(14,15)16/h1,3,5-7H,2,4H2. The second kappa shape index (κ2) is 5.74. The topological polar surface area (TPSA) is 23.8 Å². The van der Waals surface area contributed by atoms with Crippen LogP contribution in [0.4, 0.5) is 13.2 Å². The first-order chi connectivity index (χ1) is 7.97. The smallest absolute Gasteiger partial charge is 0.192 e.